The molecule has 54 valence electrons. The number of ether oxygens (including phenoxy) is 1. The van der Waals surface area contributed by atoms with Gasteiger partial charge in [-0.15, -0.1) is 0 Å². The first-order valence-corrected chi connectivity index (χ1v) is 4.66. The van der Waals surface area contributed by atoms with Crippen LogP contribution in [0, 0.1) is 0 Å². The molecule has 0 spiro atoms. The van der Waals surface area contributed by atoms with E-state index in [1.54, 1.807) is 0 Å². The van der Waals surface area contributed by atoms with Crippen molar-refractivity contribution in [3.05, 3.63) is 0 Å². The monoisotopic (exact) mass is 242 g/mol. The van der Waals surface area contributed by atoms with Gasteiger partial charge in [0.05, 0.1) is 18.3 Å². The maximum atomic E-state index is 9.17. The first kappa shape index (κ1) is 7.75. The van der Waals surface area contributed by atoms with Crippen LogP contribution in [0.5, 0.6) is 0 Å². The Hall–Kier alpha value is 0.650. The van der Waals surface area contributed by atoms with Gasteiger partial charge < -0.3 is 9.84 Å². The van der Waals surface area contributed by atoms with Gasteiger partial charge in [-0.3, -0.25) is 0 Å². The second kappa shape index (κ2) is 3.16. The van der Waals surface area contributed by atoms with Gasteiger partial charge in [0.15, 0.2) is 0 Å². The summed E-state index contributed by atoms with van der Waals surface area (Å²) < 4.78 is 6.35. The second-order valence-corrected chi connectivity index (χ2v) is 3.30. The van der Waals surface area contributed by atoms with Crippen LogP contribution >= 0.6 is 22.6 Å². The fourth-order valence-corrected chi connectivity index (χ4v) is 1.58. The Morgan fingerprint density at radius 2 is 2.44 bits per heavy atom. The van der Waals surface area contributed by atoms with Crippen LogP contribution in [0.15, 0.2) is 0 Å². The van der Waals surface area contributed by atoms with Gasteiger partial charge in [0.1, 0.15) is 0 Å². The van der Waals surface area contributed by atoms with E-state index in [9.17, 15) is 5.11 Å². The zero-order chi connectivity index (χ0) is 6.85. The van der Waals surface area contributed by atoms with Gasteiger partial charge >= 0.3 is 0 Å². The average molecular weight is 242 g/mol. The van der Waals surface area contributed by atoms with Crippen LogP contribution in [0.25, 0.3) is 0 Å². The highest BCUT2D eigenvalue weighted by Gasteiger charge is 2.29. The molecule has 0 unspecified atom stereocenters. The zero-order valence-corrected chi connectivity index (χ0v) is 7.54. The van der Waals surface area contributed by atoms with Gasteiger partial charge in [0.25, 0.3) is 0 Å². The van der Waals surface area contributed by atoms with E-state index in [1.165, 1.54) is 0 Å². The number of rotatable bonds is 1. The minimum absolute atomic E-state index is 0.0461. The van der Waals surface area contributed by atoms with Gasteiger partial charge in [-0.2, -0.15) is 0 Å². The maximum Gasteiger partial charge on any atom is 0.0824 e. The highest BCUT2D eigenvalue weighted by atomic mass is 127. The van der Waals surface area contributed by atoms with Crippen molar-refractivity contribution in [1.29, 1.82) is 0 Å². The van der Waals surface area contributed by atoms with E-state index in [1.807, 2.05) is 6.92 Å². The lowest BCUT2D eigenvalue weighted by molar-refractivity contribution is 0.0310. The SMILES string of the molecule is C[C@@H]1O[C@H](CI)C[C@H]1O. The summed E-state index contributed by atoms with van der Waals surface area (Å²) in [5, 5.41) is 9.17. The fourth-order valence-electron chi connectivity index (χ4n) is 1.01. The Morgan fingerprint density at radius 3 is 2.67 bits per heavy atom. The van der Waals surface area contributed by atoms with Crippen molar-refractivity contribution >= 4 is 22.6 Å². The van der Waals surface area contributed by atoms with Crippen LogP contribution in [0.2, 0.25) is 0 Å². The highest BCUT2D eigenvalue weighted by molar-refractivity contribution is 14.1. The Bertz CT molecular complexity index is 87.1. The number of aliphatic hydroxyl groups is 1. The molecule has 0 bridgehead atoms. The molecular weight excluding hydrogens is 231 g/mol. The van der Waals surface area contributed by atoms with E-state index in [4.69, 9.17) is 4.74 Å². The van der Waals surface area contributed by atoms with Crippen molar-refractivity contribution in [2.24, 2.45) is 0 Å². The Kier molecular flexibility index (Phi) is 2.73. The number of hydrogen-bond acceptors (Lipinski definition) is 2. The van der Waals surface area contributed by atoms with Crippen LogP contribution < -0.4 is 0 Å². The third-order valence-electron chi connectivity index (χ3n) is 1.63. The predicted octanol–water partition coefficient (Wildman–Crippen LogP) is 0.960. The quantitative estimate of drug-likeness (QED) is 0.548. The van der Waals surface area contributed by atoms with Gasteiger partial charge in [-0.05, 0) is 6.92 Å². The van der Waals surface area contributed by atoms with Crippen LogP contribution in [-0.4, -0.2) is 27.8 Å². The van der Waals surface area contributed by atoms with Crippen molar-refractivity contribution in [3.63, 3.8) is 0 Å². The summed E-state index contributed by atoms with van der Waals surface area (Å²) >= 11 is 2.27. The fraction of sp³-hybridized carbons (Fsp3) is 1.00. The van der Waals surface area contributed by atoms with E-state index in [0.29, 0.717) is 0 Å². The largest absolute Gasteiger partial charge is 0.390 e. The smallest absolute Gasteiger partial charge is 0.0824 e. The van der Waals surface area contributed by atoms with Gasteiger partial charge in [-0.25, -0.2) is 0 Å². The molecule has 1 aliphatic rings. The van der Waals surface area contributed by atoms with E-state index in [-0.39, 0.29) is 18.3 Å². The zero-order valence-electron chi connectivity index (χ0n) is 5.38. The molecule has 1 rings (SSSR count). The minimum Gasteiger partial charge on any atom is -0.390 e. The lowest BCUT2D eigenvalue weighted by Crippen LogP contribution is -2.15. The first-order valence-electron chi connectivity index (χ1n) is 3.13. The number of aliphatic hydroxyl groups excluding tert-OH is 1. The van der Waals surface area contributed by atoms with Crippen molar-refractivity contribution in [2.75, 3.05) is 4.43 Å². The van der Waals surface area contributed by atoms with Crippen molar-refractivity contribution in [1.82, 2.24) is 0 Å². The third kappa shape index (κ3) is 1.78. The summed E-state index contributed by atoms with van der Waals surface area (Å²) in [5.41, 5.74) is 0. The molecule has 0 saturated carbocycles. The summed E-state index contributed by atoms with van der Waals surface area (Å²) in [6.45, 7) is 1.91. The first-order chi connectivity index (χ1) is 4.24. The van der Waals surface area contributed by atoms with Crippen LogP contribution in [0.4, 0.5) is 0 Å². The van der Waals surface area contributed by atoms with Crippen LogP contribution in [0.1, 0.15) is 13.3 Å². The second-order valence-electron chi connectivity index (χ2n) is 2.42. The summed E-state index contributed by atoms with van der Waals surface area (Å²) in [7, 11) is 0. The van der Waals surface area contributed by atoms with E-state index >= 15 is 0 Å². The molecule has 1 saturated heterocycles. The molecule has 1 heterocycles. The molecule has 0 amide bonds. The highest BCUT2D eigenvalue weighted by Crippen LogP contribution is 2.20. The van der Waals surface area contributed by atoms with Crippen molar-refractivity contribution in [2.45, 2.75) is 31.7 Å². The number of halogens is 1. The lowest BCUT2D eigenvalue weighted by atomic mass is 10.2. The van der Waals surface area contributed by atoms with Gasteiger partial charge in [0.2, 0.25) is 0 Å². The van der Waals surface area contributed by atoms with E-state index < -0.39 is 0 Å². The van der Waals surface area contributed by atoms with Crippen LogP contribution in [0.3, 0.4) is 0 Å². The van der Waals surface area contributed by atoms with Crippen molar-refractivity contribution in [3.8, 4) is 0 Å². The molecule has 0 aromatic carbocycles. The summed E-state index contributed by atoms with van der Waals surface area (Å²) in [5.74, 6) is 0. The van der Waals surface area contributed by atoms with Gasteiger partial charge in [-0.1, -0.05) is 22.6 Å². The number of alkyl halides is 1. The maximum absolute atomic E-state index is 9.17. The topological polar surface area (TPSA) is 29.5 Å². The van der Waals surface area contributed by atoms with Crippen molar-refractivity contribution < 1.29 is 9.84 Å². The molecule has 1 fully saturated rings. The summed E-state index contributed by atoms with van der Waals surface area (Å²) in [6, 6.07) is 0. The molecule has 3 atom stereocenters. The molecule has 0 aromatic rings. The molecule has 1 N–H and O–H groups in total. The predicted molar refractivity (Wildman–Crippen MR) is 43.8 cm³/mol. The van der Waals surface area contributed by atoms with Gasteiger partial charge in [0, 0.05) is 10.8 Å². The lowest BCUT2D eigenvalue weighted by Gasteiger charge is -2.05. The Morgan fingerprint density at radius 1 is 1.78 bits per heavy atom. The minimum atomic E-state index is -0.232. The molecule has 0 radical (unpaired) electrons. The van der Waals surface area contributed by atoms with E-state index in [2.05, 4.69) is 22.6 Å². The number of hydrogen-bond donors (Lipinski definition) is 1. The van der Waals surface area contributed by atoms with E-state index in [0.717, 1.165) is 10.8 Å². The standard InChI is InChI=1S/C6H11IO2/c1-4-6(8)2-5(3-7)9-4/h4-6,8H,2-3H2,1H3/t4-,5-,6+/m0/s1. The summed E-state index contributed by atoms with van der Waals surface area (Å²) in [6.07, 6.45) is 0.912. The average Bonchev–Trinajstić information content (AvgIpc) is 2.13. The normalized spacial score (nSPS) is 43.7. The molecule has 0 aromatic heterocycles. The third-order valence-corrected chi connectivity index (χ3v) is 2.61. The Balaban J connectivity index is 2.35. The molecule has 0 aliphatic carbocycles. The molecule has 9 heavy (non-hydrogen) atoms. The molecule has 3 heteroatoms. The molecular formula is C6H11IO2. The summed E-state index contributed by atoms with van der Waals surface area (Å²) in [4.78, 5) is 0. The molecule has 2 nitrogen and oxygen atoms in total. The van der Waals surface area contributed by atoms with Crippen LogP contribution in [-0.2, 0) is 4.74 Å². The Labute approximate surface area is 68.7 Å². The molecule has 1 aliphatic heterocycles.